The van der Waals surface area contributed by atoms with Gasteiger partial charge in [-0.3, -0.25) is 14.5 Å². The third kappa shape index (κ3) is 8.03. The summed E-state index contributed by atoms with van der Waals surface area (Å²) in [6.45, 7) is 3.23. The standard InChI is InChI=1S/C17H26FN3O3/c1-13(14-5-7-15(18)8-6-14)20-17(23)12-21(2)11-16(22)19-9-4-10-24-3/h5-8,13H,4,9-12H2,1-3H3,(H,19,22)(H,20,23). The average molecular weight is 339 g/mol. The summed E-state index contributed by atoms with van der Waals surface area (Å²) in [5.74, 6) is -0.636. The van der Waals surface area contributed by atoms with Gasteiger partial charge in [0.2, 0.25) is 11.8 Å². The molecule has 134 valence electrons. The van der Waals surface area contributed by atoms with E-state index in [0.717, 1.165) is 12.0 Å². The minimum atomic E-state index is -0.312. The van der Waals surface area contributed by atoms with Gasteiger partial charge in [0.1, 0.15) is 5.82 Å². The Balaban J connectivity index is 2.30. The highest BCUT2D eigenvalue weighted by Gasteiger charge is 2.13. The monoisotopic (exact) mass is 339 g/mol. The molecule has 0 fully saturated rings. The lowest BCUT2D eigenvalue weighted by molar-refractivity contribution is -0.124. The molecule has 1 aromatic rings. The van der Waals surface area contributed by atoms with Gasteiger partial charge in [-0.25, -0.2) is 4.39 Å². The lowest BCUT2D eigenvalue weighted by atomic mass is 10.1. The molecule has 6 nitrogen and oxygen atoms in total. The van der Waals surface area contributed by atoms with Crippen molar-refractivity contribution in [2.75, 3.05) is 40.4 Å². The first-order valence-corrected chi connectivity index (χ1v) is 7.91. The van der Waals surface area contributed by atoms with E-state index >= 15 is 0 Å². The molecule has 0 aliphatic carbocycles. The number of nitrogens with one attached hydrogen (secondary N) is 2. The maximum Gasteiger partial charge on any atom is 0.234 e. The fourth-order valence-electron chi connectivity index (χ4n) is 2.17. The molecule has 1 aromatic carbocycles. The van der Waals surface area contributed by atoms with Crippen LogP contribution in [-0.2, 0) is 14.3 Å². The van der Waals surface area contributed by atoms with Crippen molar-refractivity contribution in [2.45, 2.75) is 19.4 Å². The highest BCUT2D eigenvalue weighted by atomic mass is 19.1. The van der Waals surface area contributed by atoms with Crippen LogP contribution in [0, 0.1) is 5.82 Å². The van der Waals surface area contributed by atoms with Crippen LogP contribution >= 0.6 is 0 Å². The fourth-order valence-corrected chi connectivity index (χ4v) is 2.17. The van der Waals surface area contributed by atoms with Gasteiger partial charge in [-0.05, 0) is 38.1 Å². The molecule has 0 radical (unpaired) electrons. The summed E-state index contributed by atoms with van der Waals surface area (Å²) in [5, 5.41) is 5.59. The Kier molecular flexibility index (Phi) is 8.96. The van der Waals surface area contributed by atoms with Gasteiger partial charge >= 0.3 is 0 Å². The van der Waals surface area contributed by atoms with Gasteiger partial charge in [0, 0.05) is 20.3 Å². The number of carbonyl (C=O) groups excluding carboxylic acids is 2. The number of carbonyl (C=O) groups is 2. The average Bonchev–Trinajstić information content (AvgIpc) is 2.51. The van der Waals surface area contributed by atoms with Crippen LogP contribution in [0.5, 0.6) is 0 Å². The summed E-state index contributed by atoms with van der Waals surface area (Å²) >= 11 is 0. The number of rotatable bonds is 10. The van der Waals surface area contributed by atoms with E-state index < -0.39 is 0 Å². The molecule has 0 bridgehead atoms. The van der Waals surface area contributed by atoms with E-state index in [1.54, 1.807) is 31.2 Å². The number of nitrogens with zero attached hydrogens (tertiary/aromatic N) is 1. The minimum Gasteiger partial charge on any atom is -0.385 e. The second kappa shape index (κ2) is 10.7. The van der Waals surface area contributed by atoms with Crippen LogP contribution in [0.1, 0.15) is 24.9 Å². The first-order chi connectivity index (χ1) is 11.4. The summed E-state index contributed by atoms with van der Waals surface area (Å²) in [6, 6.07) is 5.76. The topological polar surface area (TPSA) is 70.7 Å². The number of ether oxygens (including phenoxy) is 1. The number of halogens is 1. The first kappa shape index (κ1) is 20.1. The number of amides is 2. The van der Waals surface area contributed by atoms with Crippen LogP contribution in [0.15, 0.2) is 24.3 Å². The Labute approximate surface area is 142 Å². The van der Waals surface area contributed by atoms with E-state index in [0.29, 0.717) is 13.2 Å². The third-order valence-corrected chi connectivity index (χ3v) is 3.42. The molecule has 0 aliphatic rings. The largest absolute Gasteiger partial charge is 0.385 e. The summed E-state index contributed by atoms with van der Waals surface area (Å²) < 4.78 is 17.8. The predicted octanol–water partition coefficient (Wildman–Crippen LogP) is 1.09. The molecule has 2 N–H and O–H groups in total. The zero-order valence-electron chi connectivity index (χ0n) is 14.5. The van der Waals surface area contributed by atoms with Crippen LogP contribution in [0.25, 0.3) is 0 Å². The van der Waals surface area contributed by atoms with Gasteiger partial charge in [0.05, 0.1) is 19.1 Å². The quantitative estimate of drug-likeness (QED) is 0.626. The Morgan fingerprint density at radius 2 is 1.83 bits per heavy atom. The van der Waals surface area contributed by atoms with E-state index in [2.05, 4.69) is 10.6 Å². The van der Waals surface area contributed by atoms with Crippen molar-refractivity contribution in [3.8, 4) is 0 Å². The number of likely N-dealkylation sites (N-methyl/N-ethyl adjacent to an activating group) is 1. The van der Waals surface area contributed by atoms with Crippen LogP contribution in [-0.4, -0.2) is 57.1 Å². The number of hydrogen-bond acceptors (Lipinski definition) is 4. The van der Waals surface area contributed by atoms with Gasteiger partial charge < -0.3 is 15.4 Å². The van der Waals surface area contributed by atoms with Crippen LogP contribution < -0.4 is 10.6 Å². The van der Waals surface area contributed by atoms with Gasteiger partial charge in [-0.15, -0.1) is 0 Å². The molecule has 1 atom stereocenters. The predicted molar refractivity (Wildman–Crippen MR) is 90.0 cm³/mol. The normalized spacial score (nSPS) is 12.0. The zero-order chi connectivity index (χ0) is 17.9. The zero-order valence-corrected chi connectivity index (χ0v) is 14.5. The maximum absolute atomic E-state index is 12.9. The minimum absolute atomic E-state index is 0.108. The van der Waals surface area contributed by atoms with Gasteiger partial charge in [0.15, 0.2) is 0 Å². The van der Waals surface area contributed by atoms with Crippen molar-refractivity contribution < 1.29 is 18.7 Å². The molecule has 2 amide bonds. The molecule has 7 heteroatoms. The molecule has 1 rings (SSSR count). The molecule has 0 spiro atoms. The lowest BCUT2D eigenvalue weighted by Crippen LogP contribution is -2.41. The van der Waals surface area contributed by atoms with Crippen molar-refractivity contribution in [2.24, 2.45) is 0 Å². The van der Waals surface area contributed by atoms with Crippen molar-refractivity contribution in [1.29, 1.82) is 0 Å². The van der Waals surface area contributed by atoms with Crippen molar-refractivity contribution >= 4 is 11.8 Å². The number of methoxy groups -OCH3 is 1. The summed E-state index contributed by atoms with van der Waals surface area (Å²) in [4.78, 5) is 25.4. The van der Waals surface area contributed by atoms with Crippen LogP contribution in [0.3, 0.4) is 0 Å². The lowest BCUT2D eigenvalue weighted by Gasteiger charge is -2.19. The SMILES string of the molecule is COCCCNC(=O)CN(C)CC(=O)NC(C)c1ccc(F)cc1. The van der Waals surface area contributed by atoms with E-state index in [9.17, 15) is 14.0 Å². The maximum atomic E-state index is 12.9. The van der Waals surface area contributed by atoms with Gasteiger partial charge in [0.25, 0.3) is 0 Å². The number of benzene rings is 1. The molecule has 0 heterocycles. The van der Waals surface area contributed by atoms with E-state index in [-0.39, 0.29) is 36.8 Å². The molecular weight excluding hydrogens is 313 g/mol. The first-order valence-electron chi connectivity index (χ1n) is 7.91. The molecule has 0 saturated heterocycles. The highest BCUT2D eigenvalue weighted by Crippen LogP contribution is 2.12. The highest BCUT2D eigenvalue weighted by molar-refractivity contribution is 5.81. The molecule has 24 heavy (non-hydrogen) atoms. The molecule has 0 saturated carbocycles. The molecule has 0 aromatic heterocycles. The smallest absolute Gasteiger partial charge is 0.234 e. The molecule has 1 unspecified atom stereocenters. The van der Waals surface area contributed by atoms with Gasteiger partial charge in [-0.1, -0.05) is 12.1 Å². The van der Waals surface area contributed by atoms with Crippen molar-refractivity contribution in [3.63, 3.8) is 0 Å². The summed E-state index contributed by atoms with van der Waals surface area (Å²) in [5.41, 5.74) is 0.822. The van der Waals surface area contributed by atoms with E-state index in [1.165, 1.54) is 12.1 Å². The van der Waals surface area contributed by atoms with Crippen LogP contribution in [0.4, 0.5) is 4.39 Å². The Hall–Kier alpha value is -1.99. The molecular formula is C17H26FN3O3. The Morgan fingerprint density at radius 3 is 2.46 bits per heavy atom. The fraction of sp³-hybridized carbons (Fsp3) is 0.529. The van der Waals surface area contributed by atoms with Crippen molar-refractivity contribution in [1.82, 2.24) is 15.5 Å². The summed E-state index contributed by atoms with van der Waals surface area (Å²) in [6.07, 6.45) is 0.752. The van der Waals surface area contributed by atoms with Crippen molar-refractivity contribution in [3.05, 3.63) is 35.6 Å². The Bertz CT molecular complexity index is 522. The summed E-state index contributed by atoms with van der Waals surface area (Å²) in [7, 11) is 3.32. The molecule has 0 aliphatic heterocycles. The second-order valence-electron chi connectivity index (χ2n) is 5.71. The second-order valence-corrected chi connectivity index (χ2v) is 5.71. The van der Waals surface area contributed by atoms with E-state index in [4.69, 9.17) is 4.74 Å². The number of hydrogen-bond donors (Lipinski definition) is 2. The van der Waals surface area contributed by atoms with E-state index in [1.807, 2.05) is 6.92 Å². The van der Waals surface area contributed by atoms with Crippen LogP contribution in [0.2, 0.25) is 0 Å². The third-order valence-electron chi connectivity index (χ3n) is 3.42. The Morgan fingerprint density at radius 1 is 1.21 bits per heavy atom. The van der Waals surface area contributed by atoms with Gasteiger partial charge in [-0.2, -0.15) is 0 Å².